The highest BCUT2D eigenvalue weighted by Gasteiger charge is 1.98. The van der Waals surface area contributed by atoms with Crippen LogP contribution in [0.25, 0.3) is 10.2 Å². The van der Waals surface area contributed by atoms with Gasteiger partial charge in [-0.2, -0.15) is 0 Å². The standard InChI is InChI=1S/C11H8BrNS/c12-8-4-3-7-11-13-9-5-1-2-6-10(9)14-11/h1-2,5-6H,4,8H2. The Morgan fingerprint density at radius 2 is 2.21 bits per heavy atom. The molecule has 0 saturated heterocycles. The van der Waals surface area contributed by atoms with Gasteiger partial charge in [-0.05, 0) is 18.1 Å². The van der Waals surface area contributed by atoms with Crippen LogP contribution in [0.4, 0.5) is 0 Å². The first kappa shape index (κ1) is 9.70. The number of hydrogen-bond donors (Lipinski definition) is 0. The molecule has 1 aromatic heterocycles. The van der Waals surface area contributed by atoms with Crippen molar-refractivity contribution in [3.63, 3.8) is 0 Å². The molecule has 14 heavy (non-hydrogen) atoms. The van der Waals surface area contributed by atoms with Crippen molar-refractivity contribution in [2.24, 2.45) is 0 Å². The Morgan fingerprint density at radius 1 is 1.36 bits per heavy atom. The van der Waals surface area contributed by atoms with Crippen molar-refractivity contribution in [3.8, 4) is 11.8 Å². The van der Waals surface area contributed by atoms with Crippen LogP contribution >= 0.6 is 27.3 Å². The number of thiazole rings is 1. The van der Waals surface area contributed by atoms with E-state index in [-0.39, 0.29) is 0 Å². The summed E-state index contributed by atoms with van der Waals surface area (Å²) in [6.45, 7) is 0. The molecule has 70 valence electrons. The Labute approximate surface area is 95.3 Å². The van der Waals surface area contributed by atoms with E-state index in [1.165, 1.54) is 4.70 Å². The molecule has 3 heteroatoms. The molecule has 0 amide bonds. The number of alkyl halides is 1. The van der Waals surface area contributed by atoms with Crippen LogP contribution in [-0.2, 0) is 0 Å². The molecule has 0 bridgehead atoms. The molecule has 0 spiro atoms. The Hall–Kier alpha value is -0.850. The molecular weight excluding hydrogens is 258 g/mol. The maximum absolute atomic E-state index is 4.41. The van der Waals surface area contributed by atoms with E-state index >= 15 is 0 Å². The van der Waals surface area contributed by atoms with Gasteiger partial charge in [0.2, 0.25) is 0 Å². The summed E-state index contributed by atoms with van der Waals surface area (Å²) in [6.07, 6.45) is 0.871. The Bertz CT molecular complexity index is 459. The normalized spacial score (nSPS) is 9.79. The first-order valence-electron chi connectivity index (χ1n) is 4.30. The number of benzene rings is 1. The SMILES string of the molecule is BrCCC#Cc1nc2ccccc2s1. The molecule has 0 saturated carbocycles. The van der Waals surface area contributed by atoms with Crippen LogP contribution < -0.4 is 0 Å². The zero-order valence-corrected chi connectivity index (χ0v) is 9.86. The van der Waals surface area contributed by atoms with Crippen LogP contribution in [-0.4, -0.2) is 10.3 Å². The largest absolute Gasteiger partial charge is 0.228 e. The lowest BCUT2D eigenvalue weighted by molar-refractivity contribution is 1.31. The fourth-order valence-electron chi connectivity index (χ4n) is 1.11. The van der Waals surface area contributed by atoms with Crippen molar-refractivity contribution in [2.45, 2.75) is 6.42 Å². The minimum atomic E-state index is 0.871. The summed E-state index contributed by atoms with van der Waals surface area (Å²) < 4.78 is 1.20. The summed E-state index contributed by atoms with van der Waals surface area (Å²) in [5.41, 5.74) is 1.04. The Balaban J connectivity index is 2.33. The summed E-state index contributed by atoms with van der Waals surface area (Å²) in [5.74, 6) is 6.13. The molecule has 0 atom stereocenters. The van der Waals surface area contributed by atoms with E-state index in [0.29, 0.717) is 0 Å². The lowest BCUT2D eigenvalue weighted by Gasteiger charge is -1.80. The average Bonchev–Trinajstić information content (AvgIpc) is 2.60. The lowest BCUT2D eigenvalue weighted by atomic mass is 10.3. The number of halogens is 1. The quantitative estimate of drug-likeness (QED) is 0.569. The zero-order valence-electron chi connectivity index (χ0n) is 7.46. The van der Waals surface area contributed by atoms with Crippen molar-refractivity contribution in [3.05, 3.63) is 29.3 Å². The van der Waals surface area contributed by atoms with E-state index in [4.69, 9.17) is 0 Å². The minimum Gasteiger partial charge on any atom is -0.228 e. The molecule has 0 fully saturated rings. The smallest absolute Gasteiger partial charge is 0.168 e. The van der Waals surface area contributed by atoms with Crippen LogP contribution in [0.5, 0.6) is 0 Å². The van der Waals surface area contributed by atoms with Gasteiger partial charge in [-0.25, -0.2) is 4.98 Å². The summed E-state index contributed by atoms with van der Waals surface area (Å²) in [7, 11) is 0. The van der Waals surface area contributed by atoms with E-state index in [1.807, 2.05) is 18.2 Å². The number of hydrogen-bond acceptors (Lipinski definition) is 2. The van der Waals surface area contributed by atoms with Gasteiger partial charge in [0.15, 0.2) is 5.01 Å². The van der Waals surface area contributed by atoms with E-state index in [0.717, 1.165) is 22.3 Å². The molecule has 0 aliphatic carbocycles. The van der Waals surface area contributed by atoms with Crippen molar-refractivity contribution in [2.75, 3.05) is 5.33 Å². The molecule has 0 aliphatic heterocycles. The molecule has 2 rings (SSSR count). The highest BCUT2D eigenvalue weighted by molar-refractivity contribution is 9.09. The van der Waals surface area contributed by atoms with E-state index < -0.39 is 0 Å². The molecule has 1 heterocycles. The second-order valence-electron chi connectivity index (χ2n) is 2.73. The van der Waals surface area contributed by atoms with Gasteiger partial charge in [0.05, 0.1) is 10.2 Å². The summed E-state index contributed by atoms with van der Waals surface area (Å²) >= 11 is 4.99. The Kier molecular flexibility index (Phi) is 3.18. The van der Waals surface area contributed by atoms with E-state index in [2.05, 4.69) is 38.8 Å². The molecule has 0 aliphatic rings. The average molecular weight is 266 g/mol. The molecule has 0 N–H and O–H groups in total. The number of nitrogens with zero attached hydrogens (tertiary/aromatic N) is 1. The first-order chi connectivity index (χ1) is 6.90. The third kappa shape index (κ3) is 2.14. The molecular formula is C11H8BrNS. The predicted octanol–water partition coefficient (Wildman–Crippen LogP) is 3.43. The van der Waals surface area contributed by atoms with Gasteiger partial charge >= 0.3 is 0 Å². The molecule has 1 aromatic carbocycles. The van der Waals surface area contributed by atoms with E-state index in [1.54, 1.807) is 11.3 Å². The molecule has 2 aromatic rings. The van der Waals surface area contributed by atoms with Gasteiger partial charge < -0.3 is 0 Å². The second-order valence-corrected chi connectivity index (χ2v) is 4.55. The summed E-state index contributed by atoms with van der Waals surface area (Å²) in [6, 6.07) is 8.11. The molecule has 0 unspecified atom stereocenters. The maximum atomic E-state index is 4.41. The lowest BCUT2D eigenvalue weighted by Crippen LogP contribution is -1.71. The van der Waals surface area contributed by atoms with Gasteiger partial charge in [0.1, 0.15) is 0 Å². The topological polar surface area (TPSA) is 12.9 Å². The van der Waals surface area contributed by atoms with E-state index in [9.17, 15) is 0 Å². The van der Waals surface area contributed by atoms with Gasteiger partial charge in [-0.3, -0.25) is 0 Å². The summed E-state index contributed by atoms with van der Waals surface area (Å²) in [4.78, 5) is 4.41. The number of aromatic nitrogens is 1. The van der Waals surface area contributed by atoms with Gasteiger partial charge in [-0.15, -0.1) is 11.3 Å². The summed E-state index contributed by atoms with van der Waals surface area (Å²) in [5, 5.41) is 1.83. The number of fused-ring (bicyclic) bond motifs is 1. The van der Waals surface area contributed by atoms with Crippen molar-refractivity contribution >= 4 is 37.5 Å². The third-order valence-corrected chi connectivity index (χ3v) is 3.06. The van der Waals surface area contributed by atoms with Crippen molar-refractivity contribution in [1.29, 1.82) is 0 Å². The Morgan fingerprint density at radius 3 is 3.00 bits per heavy atom. The monoisotopic (exact) mass is 265 g/mol. The van der Waals surface area contributed by atoms with Crippen LogP contribution in [0.15, 0.2) is 24.3 Å². The predicted molar refractivity (Wildman–Crippen MR) is 64.9 cm³/mol. The molecule has 1 nitrogen and oxygen atoms in total. The van der Waals surface area contributed by atoms with Crippen LogP contribution in [0, 0.1) is 11.8 Å². The molecule has 0 radical (unpaired) electrons. The fourth-order valence-corrected chi connectivity index (χ4v) is 2.15. The first-order valence-corrected chi connectivity index (χ1v) is 6.24. The second kappa shape index (κ2) is 4.59. The minimum absolute atomic E-state index is 0.871. The van der Waals surface area contributed by atoms with Crippen molar-refractivity contribution in [1.82, 2.24) is 4.98 Å². The highest BCUT2D eigenvalue weighted by atomic mass is 79.9. The van der Waals surface area contributed by atoms with Crippen LogP contribution in [0.1, 0.15) is 11.4 Å². The van der Waals surface area contributed by atoms with Gasteiger partial charge in [0.25, 0.3) is 0 Å². The highest BCUT2D eigenvalue weighted by Crippen LogP contribution is 2.20. The van der Waals surface area contributed by atoms with Crippen LogP contribution in [0.2, 0.25) is 0 Å². The van der Waals surface area contributed by atoms with Crippen LogP contribution in [0.3, 0.4) is 0 Å². The third-order valence-electron chi connectivity index (χ3n) is 1.71. The maximum Gasteiger partial charge on any atom is 0.168 e. The number of rotatable bonds is 1. The van der Waals surface area contributed by atoms with Gasteiger partial charge in [-0.1, -0.05) is 34.0 Å². The van der Waals surface area contributed by atoms with Gasteiger partial charge in [0, 0.05) is 11.8 Å². The zero-order chi connectivity index (χ0) is 9.80. The fraction of sp³-hybridized carbons (Fsp3) is 0.182. The number of para-hydroxylation sites is 1. The van der Waals surface area contributed by atoms with Crippen molar-refractivity contribution < 1.29 is 0 Å².